The van der Waals surface area contributed by atoms with Crippen molar-refractivity contribution < 1.29 is 33.9 Å². The molecular weight excluding hydrogens is 358 g/mol. The minimum Gasteiger partial charge on any atom is -0.481 e. The monoisotopic (exact) mass is 380 g/mol. The Labute approximate surface area is 155 Å². The van der Waals surface area contributed by atoms with Crippen LogP contribution in [0.2, 0.25) is 0 Å². The maximum Gasteiger partial charge on any atom is 0.521 e. The minimum absolute atomic E-state index is 0.166. The number of amides is 2. The van der Waals surface area contributed by atoms with Crippen molar-refractivity contribution in [3.05, 3.63) is 35.9 Å². The fraction of sp³-hybridized carbons (Fsp3) is 0.444. The summed E-state index contributed by atoms with van der Waals surface area (Å²) in [7, 11) is 0. The van der Waals surface area contributed by atoms with Crippen molar-refractivity contribution in [2.75, 3.05) is 12.3 Å². The highest BCUT2D eigenvalue weighted by atomic mass is 32.2. The topological polar surface area (TPSA) is 109 Å². The number of hydrogen-bond acceptors (Lipinski definition) is 5. The molecule has 3 atom stereocenters. The van der Waals surface area contributed by atoms with Crippen molar-refractivity contribution in [3.8, 4) is 0 Å². The summed E-state index contributed by atoms with van der Waals surface area (Å²) < 4.78 is -0.737. The first-order valence-corrected chi connectivity index (χ1v) is 9.41. The molecule has 26 heavy (non-hydrogen) atoms. The average Bonchev–Trinajstić information content (AvgIpc) is 3.01. The fourth-order valence-electron chi connectivity index (χ4n) is 3.34. The summed E-state index contributed by atoms with van der Waals surface area (Å²) in [4.78, 5) is 48.5. The quantitative estimate of drug-likeness (QED) is 0.553. The molecule has 1 aromatic rings. The number of carbonyl (C=O) groups excluding carboxylic acids is 2. The van der Waals surface area contributed by atoms with Gasteiger partial charge in [-0.1, -0.05) is 30.3 Å². The number of aliphatic carboxylic acids is 1. The van der Waals surface area contributed by atoms with Gasteiger partial charge in [-0.25, -0.2) is 4.79 Å². The third-order valence-electron chi connectivity index (χ3n) is 4.77. The van der Waals surface area contributed by atoms with E-state index < -0.39 is 33.7 Å². The highest BCUT2D eigenvalue weighted by Crippen LogP contribution is 2.33. The summed E-state index contributed by atoms with van der Waals surface area (Å²) in [6.45, 7) is 1.87. The fourth-order valence-corrected chi connectivity index (χ4v) is 4.28. The number of Topliss-reactive ketones (excluding diaryl/α,β-unsaturated/α-hetero) is 1. The molecule has 0 aliphatic carbocycles. The lowest BCUT2D eigenvalue weighted by Crippen LogP contribution is -2.61. The van der Waals surface area contributed by atoms with E-state index in [1.807, 2.05) is 0 Å². The number of carbonyl (C=O) groups is 4. The number of benzene rings is 1. The van der Waals surface area contributed by atoms with E-state index >= 15 is 0 Å². The van der Waals surface area contributed by atoms with Crippen LogP contribution in [0.25, 0.3) is 0 Å². The first-order valence-electron chi connectivity index (χ1n) is 8.36. The Morgan fingerprint density at radius 3 is 2.35 bits per heavy atom. The number of carboxylic acid groups (broad SMARTS) is 2. The van der Waals surface area contributed by atoms with Crippen LogP contribution >= 0.6 is 11.8 Å². The molecular formula is C18H22NO6S+. The first-order chi connectivity index (χ1) is 12.3. The van der Waals surface area contributed by atoms with E-state index in [4.69, 9.17) is 5.11 Å². The van der Waals surface area contributed by atoms with Gasteiger partial charge in [-0.2, -0.15) is 9.28 Å². The van der Waals surface area contributed by atoms with Crippen LogP contribution in [0.15, 0.2) is 30.3 Å². The lowest BCUT2D eigenvalue weighted by molar-refractivity contribution is -0.792. The second kappa shape index (κ2) is 8.46. The number of rotatable bonds is 7. The molecule has 1 fully saturated rings. The third kappa shape index (κ3) is 4.13. The van der Waals surface area contributed by atoms with Crippen LogP contribution in [0, 0.1) is 0 Å². The average molecular weight is 380 g/mol. The molecule has 140 valence electrons. The van der Waals surface area contributed by atoms with Crippen molar-refractivity contribution in [2.45, 2.75) is 37.5 Å². The molecule has 0 aromatic heterocycles. The van der Waals surface area contributed by atoms with Gasteiger partial charge in [-0.3, -0.25) is 9.59 Å². The van der Waals surface area contributed by atoms with E-state index in [-0.39, 0.29) is 24.5 Å². The van der Waals surface area contributed by atoms with Gasteiger partial charge in [0.2, 0.25) is 0 Å². The predicted octanol–water partition coefficient (Wildman–Crippen LogP) is 2.65. The third-order valence-corrected chi connectivity index (χ3v) is 5.95. The van der Waals surface area contributed by atoms with Gasteiger partial charge in [0, 0.05) is 24.8 Å². The zero-order valence-electron chi connectivity index (χ0n) is 14.5. The smallest absolute Gasteiger partial charge is 0.481 e. The van der Waals surface area contributed by atoms with Crippen LogP contribution in [0.3, 0.4) is 0 Å². The zero-order valence-corrected chi connectivity index (χ0v) is 15.3. The normalized spacial score (nSPS) is 23.3. The second-order valence-corrected chi connectivity index (χ2v) is 7.58. The number of imide groups is 1. The van der Waals surface area contributed by atoms with Crippen LogP contribution in [0.4, 0.5) is 4.79 Å². The number of quaternary nitrogens is 1. The molecule has 1 aliphatic heterocycles. The summed E-state index contributed by atoms with van der Waals surface area (Å²) in [5.74, 6) is -2.39. The van der Waals surface area contributed by atoms with E-state index in [2.05, 4.69) is 0 Å². The molecule has 2 N–H and O–H groups in total. The molecule has 8 heteroatoms. The van der Waals surface area contributed by atoms with Crippen LogP contribution in [0.5, 0.6) is 0 Å². The molecule has 2 amide bonds. The summed E-state index contributed by atoms with van der Waals surface area (Å²) in [6.07, 6.45) is -0.266. The summed E-state index contributed by atoms with van der Waals surface area (Å²) in [5, 5.41) is 17.7. The molecule has 1 heterocycles. The molecule has 0 bridgehead atoms. The molecule has 0 saturated carbocycles. The Balaban J connectivity index is 2.28. The number of thioether (sulfide) groups is 1. The summed E-state index contributed by atoms with van der Waals surface area (Å²) in [6, 6.07) is 7.98. The van der Waals surface area contributed by atoms with E-state index in [0.29, 0.717) is 18.4 Å². The summed E-state index contributed by atoms with van der Waals surface area (Å²) >= 11 is 0.817. The highest BCUT2D eigenvalue weighted by molar-refractivity contribution is 8.01. The lowest BCUT2D eigenvalue weighted by Gasteiger charge is -2.32. The Bertz CT molecular complexity index is 707. The molecule has 1 saturated heterocycles. The van der Waals surface area contributed by atoms with Crippen LogP contribution < -0.4 is 0 Å². The van der Waals surface area contributed by atoms with E-state index in [0.717, 1.165) is 11.8 Å². The molecule has 0 spiro atoms. The van der Waals surface area contributed by atoms with Crippen LogP contribution in [0.1, 0.15) is 36.5 Å². The van der Waals surface area contributed by atoms with Gasteiger partial charge in [0.15, 0.2) is 5.78 Å². The minimum atomic E-state index is -1.24. The Hall–Kier alpha value is -2.19. The van der Waals surface area contributed by atoms with Gasteiger partial charge in [0.05, 0.1) is 12.3 Å². The van der Waals surface area contributed by atoms with Gasteiger partial charge >= 0.3 is 18.0 Å². The number of nitrogens with zero attached hydrogens (tertiary/aromatic N) is 1. The van der Waals surface area contributed by atoms with Crippen molar-refractivity contribution in [1.29, 1.82) is 0 Å². The van der Waals surface area contributed by atoms with E-state index in [1.165, 1.54) is 0 Å². The molecule has 7 nitrogen and oxygen atoms in total. The number of likely N-dealkylation sites (tertiary alicyclic amines) is 1. The molecule has 0 radical (unpaired) electrons. The number of ketones is 1. The molecule has 1 aliphatic rings. The first kappa shape index (κ1) is 20.1. The Morgan fingerprint density at radius 1 is 1.19 bits per heavy atom. The second-order valence-electron chi connectivity index (χ2n) is 6.39. The molecule has 2 rings (SSSR count). The molecule has 1 aromatic carbocycles. The lowest BCUT2D eigenvalue weighted by atomic mass is 10.1. The van der Waals surface area contributed by atoms with Crippen LogP contribution in [-0.2, 0) is 9.59 Å². The van der Waals surface area contributed by atoms with Crippen molar-refractivity contribution >= 4 is 35.5 Å². The molecule has 2 unspecified atom stereocenters. The Morgan fingerprint density at radius 2 is 1.85 bits per heavy atom. The number of hydrogen-bond donors (Lipinski definition) is 2. The van der Waals surface area contributed by atoms with Gasteiger partial charge in [0.1, 0.15) is 11.3 Å². The maximum absolute atomic E-state index is 13.1. The highest BCUT2D eigenvalue weighted by Gasteiger charge is 2.55. The maximum atomic E-state index is 13.1. The van der Waals surface area contributed by atoms with E-state index in [9.17, 15) is 24.3 Å². The van der Waals surface area contributed by atoms with Gasteiger partial charge < -0.3 is 10.2 Å². The van der Waals surface area contributed by atoms with Crippen molar-refractivity contribution in [3.63, 3.8) is 0 Å². The van der Waals surface area contributed by atoms with Gasteiger partial charge in [-0.05, 0) is 6.92 Å². The van der Waals surface area contributed by atoms with Gasteiger partial charge in [-0.15, -0.1) is 11.8 Å². The van der Waals surface area contributed by atoms with Crippen LogP contribution in [-0.4, -0.2) is 62.0 Å². The summed E-state index contributed by atoms with van der Waals surface area (Å²) in [5.41, 5.74) is 0.414. The largest absolute Gasteiger partial charge is 0.521 e. The predicted molar refractivity (Wildman–Crippen MR) is 96.1 cm³/mol. The standard InChI is InChI=1S/C18H21NO6S/c1-12-6-5-9-19(12,18(24)25)17(23)15(26-11-16(21)22)10-14(20)13-7-3-2-4-8-13/h2-4,7-8,12,15H,5-6,9-11H2,1H3,(H-,21,22,24,25)/p+1/t12-,15?,19?/m1/s1. The van der Waals surface area contributed by atoms with Crippen molar-refractivity contribution in [2.24, 2.45) is 0 Å². The zero-order chi connectivity index (χ0) is 19.3. The van der Waals surface area contributed by atoms with Gasteiger partial charge in [0.25, 0.3) is 0 Å². The SMILES string of the molecule is C[C@@H]1CCC[N+]1(C(=O)O)C(=O)C(CC(=O)c1ccccc1)SCC(=O)O. The van der Waals surface area contributed by atoms with Crippen molar-refractivity contribution in [1.82, 2.24) is 0 Å². The Kier molecular flexibility index (Phi) is 6.55. The number of carboxylic acids is 1. The van der Waals surface area contributed by atoms with E-state index in [1.54, 1.807) is 37.3 Å².